The van der Waals surface area contributed by atoms with Crippen molar-refractivity contribution in [1.82, 2.24) is 14.8 Å². The van der Waals surface area contributed by atoms with Gasteiger partial charge in [0.2, 0.25) is 0 Å². The van der Waals surface area contributed by atoms with Crippen LogP contribution < -0.4 is 0 Å². The van der Waals surface area contributed by atoms with E-state index in [0.717, 1.165) is 23.9 Å². The van der Waals surface area contributed by atoms with E-state index in [1.165, 1.54) is 24.6 Å². The van der Waals surface area contributed by atoms with Gasteiger partial charge in [-0.1, -0.05) is 11.8 Å². The Morgan fingerprint density at radius 3 is 2.78 bits per heavy atom. The van der Waals surface area contributed by atoms with E-state index in [9.17, 15) is 4.79 Å². The van der Waals surface area contributed by atoms with E-state index >= 15 is 0 Å². The molecule has 2 fully saturated rings. The molecule has 1 aromatic heterocycles. The van der Waals surface area contributed by atoms with Crippen LogP contribution in [0.15, 0.2) is 5.16 Å². The molecule has 98 valence electrons. The number of nitrogens with zero attached hydrogens (tertiary/aromatic N) is 3. The minimum Gasteiger partial charge on any atom is -0.462 e. The molecule has 6 heteroatoms. The monoisotopic (exact) mass is 267 g/mol. The van der Waals surface area contributed by atoms with Crippen molar-refractivity contribution in [3.8, 4) is 0 Å². The molecule has 5 nitrogen and oxygen atoms in total. The summed E-state index contributed by atoms with van der Waals surface area (Å²) < 4.78 is 7.31. The van der Waals surface area contributed by atoms with Crippen LogP contribution in [0.3, 0.4) is 0 Å². The number of cyclic esters (lactones) is 1. The molecule has 0 spiro atoms. The molecule has 2 unspecified atom stereocenters. The quantitative estimate of drug-likeness (QED) is 0.781. The Kier molecular flexibility index (Phi) is 3.05. The number of esters is 1. The minimum absolute atomic E-state index is 0.0240. The molecule has 1 saturated carbocycles. The third-order valence-electron chi connectivity index (χ3n) is 3.38. The van der Waals surface area contributed by atoms with Crippen LogP contribution in [0.4, 0.5) is 0 Å². The zero-order valence-electron chi connectivity index (χ0n) is 10.6. The van der Waals surface area contributed by atoms with Gasteiger partial charge in [-0.25, -0.2) is 0 Å². The molecule has 0 aromatic carbocycles. The number of carbonyl (C=O) groups is 1. The highest BCUT2D eigenvalue weighted by atomic mass is 32.2. The Bertz CT molecular complexity index is 470. The summed E-state index contributed by atoms with van der Waals surface area (Å²) in [7, 11) is 0. The maximum atomic E-state index is 11.6. The second-order valence-corrected chi connectivity index (χ2v) is 6.12. The Labute approximate surface area is 110 Å². The van der Waals surface area contributed by atoms with Gasteiger partial charge in [-0.3, -0.25) is 4.79 Å². The molecule has 1 aliphatic carbocycles. The number of carbonyl (C=O) groups excluding carboxylic acids is 1. The molecular formula is C12H17N3O2S. The Morgan fingerprint density at radius 1 is 1.44 bits per heavy atom. The summed E-state index contributed by atoms with van der Waals surface area (Å²) in [6.07, 6.45) is 3.21. The van der Waals surface area contributed by atoms with Crippen LogP contribution in [0, 0.1) is 0 Å². The van der Waals surface area contributed by atoms with E-state index in [4.69, 9.17) is 4.74 Å². The van der Waals surface area contributed by atoms with Crippen molar-refractivity contribution in [2.24, 2.45) is 0 Å². The third kappa shape index (κ3) is 2.13. The lowest BCUT2D eigenvalue weighted by Gasteiger charge is -2.08. The molecule has 2 aliphatic rings. The fraction of sp³-hybridized carbons (Fsp3) is 0.750. The Balaban J connectivity index is 1.78. The van der Waals surface area contributed by atoms with Gasteiger partial charge in [0.05, 0.1) is 0 Å². The van der Waals surface area contributed by atoms with E-state index in [2.05, 4.69) is 21.7 Å². The summed E-state index contributed by atoms with van der Waals surface area (Å²) in [5.74, 6) is 1.55. The largest absolute Gasteiger partial charge is 0.462 e. The van der Waals surface area contributed by atoms with Gasteiger partial charge in [0, 0.05) is 18.9 Å². The predicted molar refractivity (Wildman–Crippen MR) is 67.5 cm³/mol. The van der Waals surface area contributed by atoms with Gasteiger partial charge in [0.1, 0.15) is 17.2 Å². The maximum Gasteiger partial charge on any atom is 0.319 e. The Morgan fingerprint density at radius 2 is 2.22 bits per heavy atom. The smallest absolute Gasteiger partial charge is 0.319 e. The van der Waals surface area contributed by atoms with Crippen LogP contribution in [-0.2, 0) is 16.1 Å². The summed E-state index contributed by atoms with van der Waals surface area (Å²) in [5, 5.41) is 9.25. The van der Waals surface area contributed by atoms with Gasteiger partial charge in [0.25, 0.3) is 0 Å². The van der Waals surface area contributed by atoms with E-state index in [-0.39, 0.29) is 17.3 Å². The number of thioether (sulfide) groups is 1. The first-order chi connectivity index (χ1) is 8.69. The fourth-order valence-corrected chi connectivity index (χ4v) is 3.48. The molecule has 0 N–H and O–H groups in total. The Hall–Kier alpha value is -1.04. The normalized spacial score (nSPS) is 27.6. The van der Waals surface area contributed by atoms with Crippen molar-refractivity contribution in [3.63, 3.8) is 0 Å². The number of ether oxygens (including phenoxy) is 1. The number of hydrogen-bond donors (Lipinski definition) is 0. The van der Waals surface area contributed by atoms with Crippen molar-refractivity contribution < 1.29 is 9.53 Å². The van der Waals surface area contributed by atoms with Crippen LogP contribution in [0.5, 0.6) is 0 Å². The average molecular weight is 267 g/mol. The molecular weight excluding hydrogens is 250 g/mol. The van der Waals surface area contributed by atoms with E-state index in [1.807, 2.05) is 6.92 Å². The van der Waals surface area contributed by atoms with Gasteiger partial charge in [-0.2, -0.15) is 0 Å². The summed E-state index contributed by atoms with van der Waals surface area (Å²) in [6.45, 7) is 4.88. The van der Waals surface area contributed by atoms with Gasteiger partial charge in [-0.05, 0) is 26.7 Å². The first-order valence-corrected chi connectivity index (χ1v) is 7.37. The molecule has 0 bridgehead atoms. The summed E-state index contributed by atoms with van der Waals surface area (Å²) in [6, 6.07) is 0. The SMILES string of the molecule is CCn1c(SC2CC(C)OC2=O)nnc1C1CC1. The van der Waals surface area contributed by atoms with Gasteiger partial charge >= 0.3 is 5.97 Å². The first kappa shape index (κ1) is 12.0. The van der Waals surface area contributed by atoms with Crippen LogP contribution in [0.25, 0.3) is 0 Å². The van der Waals surface area contributed by atoms with E-state index in [0.29, 0.717) is 5.92 Å². The predicted octanol–water partition coefficient (Wildman–Crippen LogP) is 1.97. The highest BCUT2D eigenvalue weighted by molar-refractivity contribution is 8.00. The summed E-state index contributed by atoms with van der Waals surface area (Å²) >= 11 is 1.50. The molecule has 0 amide bonds. The molecule has 1 aliphatic heterocycles. The van der Waals surface area contributed by atoms with Crippen molar-refractivity contribution >= 4 is 17.7 Å². The van der Waals surface area contributed by atoms with Crippen LogP contribution in [0.1, 0.15) is 44.9 Å². The molecule has 2 heterocycles. The number of aromatic nitrogens is 3. The van der Waals surface area contributed by atoms with Crippen molar-refractivity contribution in [2.75, 3.05) is 0 Å². The zero-order valence-corrected chi connectivity index (χ0v) is 11.4. The average Bonchev–Trinajstić information content (AvgIpc) is 3.02. The highest BCUT2D eigenvalue weighted by Crippen LogP contribution is 2.41. The minimum atomic E-state index is -0.124. The molecule has 1 saturated heterocycles. The highest BCUT2D eigenvalue weighted by Gasteiger charge is 2.35. The number of hydrogen-bond acceptors (Lipinski definition) is 5. The van der Waals surface area contributed by atoms with Crippen molar-refractivity contribution in [1.29, 1.82) is 0 Å². The van der Waals surface area contributed by atoms with Crippen LogP contribution in [0.2, 0.25) is 0 Å². The lowest BCUT2D eigenvalue weighted by molar-refractivity contribution is -0.140. The molecule has 2 atom stereocenters. The van der Waals surface area contributed by atoms with Gasteiger partial charge in [-0.15, -0.1) is 10.2 Å². The van der Waals surface area contributed by atoms with Gasteiger partial charge in [0.15, 0.2) is 5.16 Å². The standard InChI is InChI=1S/C12H17N3O2S/c1-3-15-10(8-4-5-8)13-14-12(15)18-9-6-7(2)17-11(9)16/h7-9H,3-6H2,1-2H3. The van der Waals surface area contributed by atoms with Crippen molar-refractivity contribution in [2.45, 2.75) is 62.1 Å². The second kappa shape index (κ2) is 4.57. The number of rotatable bonds is 4. The summed E-state index contributed by atoms with van der Waals surface area (Å²) in [5.41, 5.74) is 0. The maximum absolute atomic E-state index is 11.6. The summed E-state index contributed by atoms with van der Waals surface area (Å²) in [4.78, 5) is 11.6. The van der Waals surface area contributed by atoms with Crippen molar-refractivity contribution in [3.05, 3.63) is 5.82 Å². The molecule has 3 rings (SSSR count). The van der Waals surface area contributed by atoms with Crippen LogP contribution >= 0.6 is 11.8 Å². The van der Waals surface area contributed by atoms with Crippen LogP contribution in [-0.4, -0.2) is 32.1 Å². The van der Waals surface area contributed by atoms with Gasteiger partial charge < -0.3 is 9.30 Å². The lowest BCUT2D eigenvalue weighted by atomic mass is 10.3. The van der Waals surface area contributed by atoms with E-state index < -0.39 is 0 Å². The molecule has 0 radical (unpaired) electrons. The zero-order chi connectivity index (χ0) is 12.7. The first-order valence-electron chi connectivity index (χ1n) is 6.49. The third-order valence-corrected chi connectivity index (χ3v) is 4.56. The molecule has 1 aromatic rings. The lowest BCUT2D eigenvalue weighted by Crippen LogP contribution is -2.11. The topological polar surface area (TPSA) is 57.0 Å². The fourth-order valence-electron chi connectivity index (χ4n) is 2.27. The second-order valence-electron chi connectivity index (χ2n) is 4.95. The van der Waals surface area contributed by atoms with E-state index in [1.54, 1.807) is 0 Å². The molecule has 18 heavy (non-hydrogen) atoms.